The third-order valence-electron chi connectivity index (χ3n) is 4.43. The maximum absolute atomic E-state index is 12.7. The number of amides is 1. The van der Waals surface area contributed by atoms with Gasteiger partial charge in [0.15, 0.2) is 0 Å². The molecule has 0 atom stereocenters. The van der Waals surface area contributed by atoms with Crippen molar-refractivity contribution < 1.29 is 4.79 Å². The maximum Gasteiger partial charge on any atom is 0.254 e. The van der Waals surface area contributed by atoms with E-state index in [9.17, 15) is 4.79 Å². The Bertz CT molecular complexity index is 884. The quantitative estimate of drug-likeness (QED) is 0.765. The van der Waals surface area contributed by atoms with Crippen LogP contribution in [0, 0.1) is 0 Å². The molecule has 116 valence electrons. The summed E-state index contributed by atoms with van der Waals surface area (Å²) in [5.41, 5.74) is 4.31. The number of carbonyl (C=O) groups is 1. The Kier molecular flexibility index (Phi) is 3.26. The lowest BCUT2D eigenvalue weighted by Gasteiger charge is -2.27. The Labute approximate surface area is 134 Å². The minimum absolute atomic E-state index is 0.0493. The molecule has 0 radical (unpaired) electrons. The molecular formula is C18H18N4O. The van der Waals surface area contributed by atoms with Gasteiger partial charge < -0.3 is 15.2 Å². The molecule has 3 heterocycles. The van der Waals surface area contributed by atoms with E-state index < -0.39 is 0 Å². The van der Waals surface area contributed by atoms with Crippen molar-refractivity contribution in [1.29, 1.82) is 0 Å². The number of nitrogens with one attached hydrogen (secondary N) is 2. The first-order valence-electron chi connectivity index (χ1n) is 7.78. The van der Waals surface area contributed by atoms with Crippen molar-refractivity contribution in [3.63, 3.8) is 0 Å². The van der Waals surface area contributed by atoms with Crippen LogP contribution in [-0.2, 0) is 13.0 Å². The van der Waals surface area contributed by atoms with Crippen LogP contribution in [0.15, 0.2) is 42.6 Å². The van der Waals surface area contributed by atoms with E-state index in [-0.39, 0.29) is 5.91 Å². The molecule has 1 aromatic carbocycles. The van der Waals surface area contributed by atoms with Gasteiger partial charge in [-0.3, -0.25) is 4.79 Å². The van der Waals surface area contributed by atoms with Gasteiger partial charge in [0, 0.05) is 41.9 Å². The largest absolute Gasteiger partial charge is 0.373 e. The Balaban J connectivity index is 1.63. The average molecular weight is 306 g/mol. The fraction of sp³-hybridized carbons (Fsp3) is 0.222. The number of H-pyrrole nitrogens is 1. The lowest BCUT2D eigenvalue weighted by Crippen LogP contribution is -2.35. The summed E-state index contributed by atoms with van der Waals surface area (Å²) in [6, 6.07) is 11.9. The number of hydrogen-bond donors (Lipinski definition) is 2. The zero-order chi connectivity index (χ0) is 15.8. The molecule has 1 amide bonds. The lowest BCUT2D eigenvalue weighted by molar-refractivity contribution is 0.0733. The summed E-state index contributed by atoms with van der Waals surface area (Å²) in [4.78, 5) is 22.3. The average Bonchev–Trinajstić information content (AvgIpc) is 2.98. The highest BCUT2D eigenvalue weighted by molar-refractivity contribution is 5.95. The van der Waals surface area contributed by atoms with Gasteiger partial charge in [0.05, 0.1) is 6.54 Å². The molecular weight excluding hydrogens is 288 g/mol. The topological polar surface area (TPSA) is 61.0 Å². The Hall–Kier alpha value is -2.82. The van der Waals surface area contributed by atoms with Crippen molar-refractivity contribution in [2.24, 2.45) is 0 Å². The van der Waals surface area contributed by atoms with Gasteiger partial charge >= 0.3 is 0 Å². The molecule has 0 fully saturated rings. The van der Waals surface area contributed by atoms with Gasteiger partial charge in [-0.1, -0.05) is 18.2 Å². The first-order chi connectivity index (χ1) is 11.3. The van der Waals surface area contributed by atoms with E-state index in [1.807, 2.05) is 11.0 Å². The number of pyridine rings is 1. The number of anilines is 1. The highest BCUT2D eigenvalue weighted by atomic mass is 16.2. The maximum atomic E-state index is 12.7. The van der Waals surface area contributed by atoms with Crippen molar-refractivity contribution in [2.45, 2.75) is 13.0 Å². The standard InChI is InChI=1S/C18H18N4O/c1-19-17-10-12(6-8-20-17)18(23)22-9-7-14-13-4-2-3-5-15(13)21-16(14)11-22/h2-6,8,10,21H,7,9,11H2,1H3,(H,19,20). The second kappa shape index (κ2) is 5.43. The van der Waals surface area contributed by atoms with Crippen LogP contribution in [0.2, 0.25) is 0 Å². The van der Waals surface area contributed by atoms with Crippen molar-refractivity contribution in [2.75, 3.05) is 18.9 Å². The molecule has 23 heavy (non-hydrogen) atoms. The van der Waals surface area contributed by atoms with Crippen LogP contribution in [0.4, 0.5) is 5.82 Å². The molecule has 1 aliphatic heterocycles. The van der Waals surface area contributed by atoms with Crippen LogP contribution in [0.1, 0.15) is 21.6 Å². The smallest absolute Gasteiger partial charge is 0.254 e. The van der Waals surface area contributed by atoms with E-state index in [0.29, 0.717) is 17.9 Å². The second-order valence-corrected chi connectivity index (χ2v) is 5.78. The number of aromatic amines is 1. The molecule has 0 saturated carbocycles. The SMILES string of the molecule is CNc1cc(C(=O)N2CCc3c([nH]c4ccccc34)C2)ccn1. The summed E-state index contributed by atoms with van der Waals surface area (Å²) in [5.74, 6) is 0.757. The number of rotatable bonds is 2. The van der Waals surface area contributed by atoms with E-state index in [2.05, 4.69) is 33.5 Å². The van der Waals surface area contributed by atoms with Gasteiger partial charge in [-0.05, 0) is 30.2 Å². The monoisotopic (exact) mass is 306 g/mol. The van der Waals surface area contributed by atoms with Gasteiger partial charge in [-0.25, -0.2) is 4.98 Å². The van der Waals surface area contributed by atoms with Crippen LogP contribution in [0.5, 0.6) is 0 Å². The van der Waals surface area contributed by atoms with Gasteiger partial charge in [0.2, 0.25) is 0 Å². The van der Waals surface area contributed by atoms with E-state index in [1.165, 1.54) is 10.9 Å². The third-order valence-corrected chi connectivity index (χ3v) is 4.43. The summed E-state index contributed by atoms with van der Waals surface area (Å²) in [6.45, 7) is 1.37. The van der Waals surface area contributed by atoms with Gasteiger partial charge in [0.1, 0.15) is 5.82 Å². The normalized spacial score (nSPS) is 13.9. The minimum Gasteiger partial charge on any atom is -0.373 e. The van der Waals surface area contributed by atoms with Gasteiger partial charge in [0.25, 0.3) is 5.91 Å². The van der Waals surface area contributed by atoms with Crippen LogP contribution in [-0.4, -0.2) is 34.4 Å². The van der Waals surface area contributed by atoms with Crippen LogP contribution in [0.25, 0.3) is 10.9 Å². The fourth-order valence-electron chi connectivity index (χ4n) is 3.25. The summed E-state index contributed by atoms with van der Waals surface area (Å²) in [5, 5.41) is 4.24. The molecule has 2 aromatic heterocycles. The number of hydrogen-bond acceptors (Lipinski definition) is 3. The molecule has 0 saturated heterocycles. The van der Waals surface area contributed by atoms with Gasteiger partial charge in [-0.15, -0.1) is 0 Å². The number of para-hydroxylation sites is 1. The predicted octanol–water partition coefficient (Wildman–Crippen LogP) is 2.80. The molecule has 5 heteroatoms. The minimum atomic E-state index is 0.0493. The predicted molar refractivity (Wildman–Crippen MR) is 90.5 cm³/mol. The highest BCUT2D eigenvalue weighted by Crippen LogP contribution is 2.28. The summed E-state index contributed by atoms with van der Waals surface area (Å²) in [7, 11) is 1.80. The first kappa shape index (κ1) is 13.8. The van der Waals surface area contributed by atoms with Crippen LogP contribution < -0.4 is 5.32 Å². The summed E-state index contributed by atoms with van der Waals surface area (Å²) < 4.78 is 0. The van der Waals surface area contributed by atoms with Gasteiger partial charge in [-0.2, -0.15) is 0 Å². The molecule has 1 aliphatic rings. The molecule has 0 spiro atoms. The zero-order valence-electron chi connectivity index (χ0n) is 13.0. The van der Waals surface area contributed by atoms with E-state index in [4.69, 9.17) is 0 Å². The second-order valence-electron chi connectivity index (χ2n) is 5.78. The third kappa shape index (κ3) is 2.34. The van der Waals surface area contributed by atoms with Crippen molar-refractivity contribution >= 4 is 22.6 Å². The summed E-state index contributed by atoms with van der Waals surface area (Å²) in [6.07, 6.45) is 2.55. The molecule has 0 unspecified atom stereocenters. The fourth-order valence-corrected chi connectivity index (χ4v) is 3.25. The molecule has 5 nitrogen and oxygen atoms in total. The van der Waals surface area contributed by atoms with Crippen LogP contribution in [0.3, 0.4) is 0 Å². The number of benzene rings is 1. The van der Waals surface area contributed by atoms with E-state index in [1.54, 1.807) is 25.4 Å². The highest BCUT2D eigenvalue weighted by Gasteiger charge is 2.24. The van der Waals surface area contributed by atoms with E-state index >= 15 is 0 Å². The molecule has 0 aliphatic carbocycles. The molecule has 3 aromatic rings. The van der Waals surface area contributed by atoms with Crippen molar-refractivity contribution in [3.05, 3.63) is 59.4 Å². The van der Waals surface area contributed by atoms with Crippen molar-refractivity contribution in [3.8, 4) is 0 Å². The number of nitrogens with zero attached hydrogens (tertiary/aromatic N) is 2. The molecule has 0 bridgehead atoms. The van der Waals surface area contributed by atoms with Crippen LogP contribution >= 0.6 is 0 Å². The lowest BCUT2D eigenvalue weighted by atomic mass is 10.0. The Morgan fingerprint density at radius 3 is 3.04 bits per heavy atom. The first-order valence-corrected chi connectivity index (χ1v) is 7.78. The number of carbonyl (C=O) groups excluding carboxylic acids is 1. The Morgan fingerprint density at radius 2 is 2.17 bits per heavy atom. The van der Waals surface area contributed by atoms with Crippen molar-refractivity contribution in [1.82, 2.24) is 14.9 Å². The number of fused-ring (bicyclic) bond motifs is 3. The van der Waals surface area contributed by atoms with E-state index in [0.717, 1.165) is 24.2 Å². The Morgan fingerprint density at radius 1 is 1.30 bits per heavy atom. The zero-order valence-corrected chi connectivity index (χ0v) is 13.0. The molecule has 4 rings (SSSR count). The molecule has 2 N–H and O–H groups in total. The summed E-state index contributed by atoms with van der Waals surface area (Å²) >= 11 is 0. The number of aromatic nitrogens is 2.